The molecule has 0 saturated heterocycles. The molecule has 0 heterocycles. The molecule has 0 N–H and O–H groups in total. The summed E-state index contributed by atoms with van der Waals surface area (Å²) in [4.78, 5) is 0. The Labute approximate surface area is 62.6 Å². The monoisotopic (exact) mass is 211 g/mol. The molecular formula is C5H12AsO2S. The zero-order valence-electron chi connectivity index (χ0n) is 5.72. The quantitative estimate of drug-likeness (QED) is 0.496. The van der Waals surface area contributed by atoms with Crippen LogP contribution >= 0.6 is 0 Å². The average Bonchev–Trinajstić information content (AvgIpc) is 1.63. The van der Waals surface area contributed by atoms with Crippen LogP contribution < -0.4 is 0 Å². The van der Waals surface area contributed by atoms with E-state index in [1.165, 1.54) is 6.26 Å². The molecule has 4 heteroatoms. The number of rotatable bonds is 4. The van der Waals surface area contributed by atoms with Gasteiger partial charge in [0.2, 0.25) is 0 Å². The zero-order valence-corrected chi connectivity index (χ0v) is 8.63. The van der Waals surface area contributed by atoms with Gasteiger partial charge >= 0.3 is 62.3 Å². The van der Waals surface area contributed by atoms with Gasteiger partial charge in [-0.05, 0) is 0 Å². The van der Waals surface area contributed by atoms with E-state index in [0.717, 1.165) is 12.8 Å². The Morgan fingerprint density at radius 1 is 1.56 bits per heavy atom. The Kier molecular flexibility index (Phi) is 4.59. The summed E-state index contributed by atoms with van der Waals surface area (Å²) in [5.41, 5.74) is 0. The average molecular weight is 211 g/mol. The van der Waals surface area contributed by atoms with Crippen molar-refractivity contribution in [2.45, 2.75) is 19.8 Å². The molecule has 0 aliphatic rings. The predicted octanol–water partition coefficient (Wildman–Crippen LogP) is 0.344. The maximum absolute atomic E-state index is 10.5. The molecule has 9 heavy (non-hydrogen) atoms. The first-order valence-electron chi connectivity index (χ1n) is 2.85. The fraction of sp³-hybridized carbons (Fsp3) is 0.800. The van der Waals surface area contributed by atoms with Gasteiger partial charge in [-0.2, -0.15) is 0 Å². The van der Waals surface area contributed by atoms with Crippen LogP contribution in [-0.2, 0) is 8.10 Å². The molecule has 0 saturated carbocycles. The summed E-state index contributed by atoms with van der Waals surface area (Å²) in [6, 6.07) is 0. The Hall–Kier alpha value is 0.508. The van der Waals surface area contributed by atoms with Gasteiger partial charge in [0.05, 0.1) is 0 Å². The molecule has 0 aromatic rings. The van der Waals surface area contributed by atoms with E-state index in [9.17, 15) is 8.42 Å². The third kappa shape index (κ3) is 8.51. The van der Waals surface area contributed by atoms with Gasteiger partial charge in [0, 0.05) is 0 Å². The summed E-state index contributed by atoms with van der Waals surface area (Å²) in [7, 11) is -2.63. The zero-order chi connectivity index (χ0) is 7.33. The molecule has 0 bridgehead atoms. The SMILES string of the molecule is CCC[CH][AsH]S(C)(=O)=O. The van der Waals surface area contributed by atoms with E-state index in [-0.39, 0.29) is 0 Å². The summed E-state index contributed by atoms with van der Waals surface area (Å²) in [6.07, 6.45) is 3.31. The molecule has 0 rings (SSSR count). The molecule has 0 fully saturated rings. The second kappa shape index (κ2) is 4.34. The van der Waals surface area contributed by atoms with Gasteiger partial charge in [-0.25, -0.2) is 0 Å². The van der Waals surface area contributed by atoms with Gasteiger partial charge in [-0.3, -0.25) is 0 Å². The normalized spacial score (nSPS) is 13.1. The number of hydrogen-bond acceptors (Lipinski definition) is 2. The van der Waals surface area contributed by atoms with E-state index in [1.807, 2.05) is 12.1 Å². The molecular weight excluding hydrogens is 199 g/mol. The second-order valence-electron chi connectivity index (χ2n) is 1.88. The molecule has 1 atom stereocenters. The Morgan fingerprint density at radius 3 is 2.44 bits per heavy atom. The Bertz CT molecular complexity index is 150. The molecule has 0 aromatic carbocycles. The van der Waals surface area contributed by atoms with Crippen molar-refractivity contribution in [1.82, 2.24) is 0 Å². The van der Waals surface area contributed by atoms with E-state index in [4.69, 9.17) is 0 Å². The van der Waals surface area contributed by atoms with Crippen LogP contribution in [0.25, 0.3) is 0 Å². The van der Waals surface area contributed by atoms with E-state index >= 15 is 0 Å². The van der Waals surface area contributed by atoms with Crippen molar-refractivity contribution in [1.29, 1.82) is 0 Å². The van der Waals surface area contributed by atoms with Crippen molar-refractivity contribution in [3.63, 3.8) is 0 Å². The van der Waals surface area contributed by atoms with Gasteiger partial charge < -0.3 is 0 Å². The first-order chi connectivity index (χ1) is 4.06. The van der Waals surface area contributed by atoms with Crippen LogP contribution in [0.3, 0.4) is 0 Å². The molecule has 2 nitrogen and oxygen atoms in total. The predicted molar refractivity (Wildman–Crippen MR) is 41.2 cm³/mol. The van der Waals surface area contributed by atoms with Crippen molar-refractivity contribution in [2.24, 2.45) is 0 Å². The van der Waals surface area contributed by atoms with Crippen LogP contribution in [0.2, 0.25) is 0 Å². The van der Waals surface area contributed by atoms with Crippen LogP contribution in [0.1, 0.15) is 19.8 Å². The minimum atomic E-state index is -2.63. The van der Waals surface area contributed by atoms with Crippen molar-refractivity contribution < 1.29 is 8.42 Å². The van der Waals surface area contributed by atoms with Crippen molar-refractivity contribution >= 4 is 22.7 Å². The van der Waals surface area contributed by atoms with Crippen LogP contribution in [0.15, 0.2) is 0 Å². The van der Waals surface area contributed by atoms with E-state index in [0.29, 0.717) is 0 Å². The molecule has 0 aliphatic carbocycles. The first-order valence-corrected chi connectivity index (χ1v) is 8.52. The Morgan fingerprint density at radius 2 is 2.11 bits per heavy atom. The fourth-order valence-electron chi connectivity index (χ4n) is 0.355. The van der Waals surface area contributed by atoms with Gasteiger partial charge in [-0.1, -0.05) is 0 Å². The summed E-state index contributed by atoms with van der Waals surface area (Å²) < 4.78 is 21.1. The van der Waals surface area contributed by atoms with Crippen molar-refractivity contribution in [2.75, 3.05) is 6.26 Å². The van der Waals surface area contributed by atoms with E-state index < -0.39 is 22.7 Å². The summed E-state index contributed by atoms with van der Waals surface area (Å²) in [5, 5.41) is 1.93. The fourth-order valence-corrected chi connectivity index (χ4v) is 4.03. The summed E-state index contributed by atoms with van der Waals surface area (Å²) in [5.74, 6) is 0. The topological polar surface area (TPSA) is 34.1 Å². The van der Waals surface area contributed by atoms with Crippen molar-refractivity contribution in [3.8, 4) is 0 Å². The summed E-state index contributed by atoms with van der Waals surface area (Å²) in [6.45, 7) is 2.05. The van der Waals surface area contributed by atoms with Crippen LogP contribution in [0.5, 0.6) is 0 Å². The van der Waals surface area contributed by atoms with Gasteiger partial charge in [0.1, 0.15) is 0 Å². The van der Waals surface area contributed by atoms with E-state index in [2.05, 4.69) is 0 Å². The van der Waals surface area contributed by atoms with Gasteiger partial charge in [-0.15, -0.1) is 0 Å². The van der Waals surface area contributed by atoms with Crippen LogP contribution in [0.4, 0.5) is 0 Å². The standard InChI is InChI=1S/C5H12AsO2S/c1-3-4-5-6-9(2,7)8/h5-6H,3-4H2,1-2H3. The third-order valence-electron chi connectivity index (χ3n) is 0.730. The third-order valence-corrected chi connectivity index (χ3v) is 5.67. The maximum atomic E-state index is 10.5. The molecule has 0 aromatic heterocycles. The second-order valence-corrected chi connectivity index (χ2v) is 10.7. The van der Waals surface area contributed by atoms with Crippen LogP contribution in [-0.4, -0.2) is 29.3 Å². The summed E-state index contributed by atoms with van der Waals surface area (Å²) >= 11 is -0.800. The van der Waals surface area contributed by atoms with Gasteiger partial charge in [0.25, 0.3) is 0 Å². The number of unbranched alkanes of at least 4 members (excludes halogenated alkanes) is 1. The number of hydrogen-bond donors (Lipinski definition) is 0. The molecule has 0 amide bonds. The molecule has 1 unspecified atom stereocenters. The van der Waals surface area contributed by atoms with E-state index in [1.54, 1.807) is 0 Å². The Balaban J connectivity index is 3.30. The van der Waals surface area contributed by atoms with Crippen molar-refractivity contribution in [3.05, 3.63) is 5.21 Å². The first kappa shape index (κ1) is 9.51. The molecule has 55 valence electrons. The molecule has 0 aliphatic heterocycles. The van der Waals surface area contributed by atoms with Gasteiger partial charge in [0.15, 0.2) is 0 Å². The van der Waals surface area contributed by atoms with Crippen LogP contribution in [0, 0.1) is 5.21 Å². The molecule has 1 radical (unpaired) electrons. The molecule has 0 spiro atoms. The minimum absolute atomic E-state index is 0.800.